The molecule has 0 spiro atoms. The summed E-state index contributed by atoms with van der Waals surface area (Å²) < 4.78 is 26.3. The normalized spacial score (nSPS) is 12.7. The molecule has 0 aromatic heterocycles. The van der Waals surface area contributed by atoms with Crippen LogP contribution in [0.3, 0.4) is 0 Å². The molecular formula is C14H20F2N2O2. The van der Waals surface area contributed by atoms with Crippen LogP contribution in [0.5, 0.6) is 0 Å². The lowest BCUT2D eigenvalue weighted by Crippen LogP contribution is -2.36. The smallest absolute Gasteiger partial charge is 0.325 e. The third-order valence-electron chi connectivity index (χ3n) is 3.14. The molecule has 0 saturated carbocycles. The Morgan fingerprint density at radius 1 is 1.25 bits per heavy atom. The van der Waals surface area contributed by atoms with Gasteiger partial charge in [-0.3, -0.25) is 10.1 Å². The molecule has 1 unspecified atom stereocenters. The molecule has 0 fully saturated rings. The van der Waals surface area contributed by atoms with E-state index in [0.717, 1.165) is 31.3 Å². The minimum Gasteiger partial charge on any atom is -0.480 e. The number of rotatable bonds is 8. The Labute approximate surface area is 117 Å². The Hall–Kier alpha value is -1.53. The zero-order chi connectivity index (χ0) is 15.1. The fourth-order valence-corrected chi connectivity index (χ4v) is 2.00. The maximum atomic E-state index is 13.1. The van der Waals surface area contributed by atoms with Crippen molar-refractivity contribution in [3.63, 3.8) is 0 Å². The van der Waals surface area contributed by atoms with Gasteiger partial charge in [0.15, 0.2) is 0 Å². The number of aliphatic carboxylic acids is 1. The van der Waals surface area contributed by atoms with Gasteiger partial charge in [0.2, 0.25) is 0 Å². The molecule has 1 aromatic carbocycles. The molecular weight excluding hydrogens is 266 g/mol. The summed E-state index contributed by atoms with van der Waals surface area (Å²) in [6, 6.07) is 1.67. The SMILES string of the molecule is CCN(CC)CCNC(C(=O)O)c1cc(F)cc(F)c1. The van der Waals surface area contributed by atoms with Crippen molar-refractivity contribution < 1.29 is 18.7 Å². The summed E-state index contributed by atoms with van der Waals surface area (Å²) >= 11 is 0. The Morgan fingerprint density at radius 3 is 2.25 bits per heavy atom. The number of halogens is 2. The molecule has 0 heterocycles. The zero-order valence-corrected chi connectivity index (χ0v) is 11.7. The van der Waals surface area contributed by atoms with E-state index in [9.17, 15) is 13.6 Å². The minimum absolute atomic E-state index is 0.0783. The van der Waals surface area contributed by atoms with Crippen LogP contribution in [0, 0.1) is 11.6 Å². The van der Waals surface area contributed by atoms with Gasteiger partial charge >= 0.3 is 5.97 Å². The lowest BCUT2D eigenvalue weighted by Gasteiger charge is -2.20. The van der Waals surface area contributed by atoms with Crippen molar-refractivity contribution >= 4 is 5.97 Å². The third-order valence-corrected chi connectivity index (χ3v) is 3.14. The van der Waals surface area contributed by atoms with Crippen LogP contribution in [0.1, 0.15) is 25.5 Å². The largest absolute Gasteiger partial charge is 0.480 e. The van der Waals surface area contributed by atoms with E-state index in [-0.39, 0.29) is 5.56 Å². The van der Waals surface area contributed by atoms with Crippen LogP contribution in [-0.4, -0.2) is 42.2 Å². The second kappa shape index (κ2) is 7.91. The number of carboxylic acid groups (broad SMARTS) is 1. The number of hydrogen-bond acceptors (Lipinski definition) is 3. The summed E-state index contributed by atoms with van der Waals surface area (Å²) in [5, 5.41) is 12.0. The Bertz CT molecular complexity index is 431. The van der Waals surface area contributed by atoms with Gasteiger partial charge in [-0.15, -0.1) is 0 Å². The van der Waals surface area contributed by atoms with Gasteiger partial charge < -0.3 is 10.0 Å². The summed E-state index contributed by atoms with van der Waals surface area (Å²) in [5.74, 6) is -2.72. The molecule has 0 aliphatic heterocycles. The molecule has 0 amide bonds. The molecule has 0 aliphatic rings. The summed E-state index contributed by atoms with van der Waals surface area (Å²) in [4.78, 5) is 13.3. The maximum absolute atomic E-state index is 13.1. The van der Waals surface area contributed by atoms with Crippen molar-refractivity contribution in [3.05, 3.63) is 35.4 Å². The highest BCUT2D eigenvalue weighted by Gasteiger charge is 2.20. The van der Waals surface area contributed by atoms with Gasteiger partial charge in [0, 0.05) is 19.2 Å². The average molecular weight is 286 g/mol. The van der Waals surface area contributed by atoms with Crippen molar-refractivity contribution in [2.45, 2.75) is 19.9 Å². The van der Waals surface area contributed by atoms with Gasteiger partial charge in [-0.25, -0.2) is 8.78 Å². The van der Waals surface area contributed by atoms with Crippen LogP contribution < -0.4 is 5.32 Å². The van der Waals surface area contributed by atoms with Crippen molar-refractivity contribution in [2.24, 2.45) is 0 Å². The predicted octanol–water partition coefficient (Wildman–Crippen LogP) is 2.02. The quantitative estimate of drug-likeness (QED) is 0.767. The molecule has 0 radical (unpaired) electrons. The first-order chi connectivity index (χ1) is 9.47. The monoisotopic (exact) mass is 286 g/mol. The lowest BCUT2D eigenvalue weighted by atomic mass is 10.1. The number of carboxylic acids is 1. The molecule has 20 heavy (non-hydrogen) atoms. The van der Waals surface area contributed by atoms with Gasteiger partial charge in [-0.2, -0.15) is 0 Å². The summed E-state index contributed by atoms with van der Waals surface area (Å²) in [6.07, 6.45) is 0. The van der Waals surface area contributed by atoms with Gasteiger partial charge in [-0.05, 0) is 30.8 Å². The summed E-state index contributed by atoms with van der Waals surface area (Å²) in [5.41, 5.74) is 0.0783. The zero-order valence-electron chi connectivity index (χ0n) is 11.7. The number of nitrogens with one attached hydrogen (secondary N) is 1. The number of nitrogens with zero attached hydrogens (tertiary/aromatic N) is 1. The highest BCUT2D eigenvalue weighted by molar-refractivity contribution is 5.75. The van der Waals surface area contributed by atoms with Crippen molar-refractivity contribution in [1.29, 1.82) is 0 Å². The molecule has 1 rings (SSSR count). The average Bonchev–Trinajstić information content (AvgIpc) is 2.37. The van der Waals surface area contributed by atoms with Gasteiger partial charge in [-0.1, -0.05) is 13.8 Å². The fraction of sp³-hybridized carbons (Fsp3) is 0.500. The first-order valence-corrected chi connectivity index (χ1v) is 6.62. The van der Waals surface area contributed by atoms with Gasteiger partial charge in [0.05, 0.1) is 0 Å². The Morgan fingerprint density at radius 2 is 1.80 bits per heavy atom. The van der Waals surface area contributed by atoms with Crippen LogP contribution in [-0.2, 0) is 4.79 Å². The lowest BCUT2D eigenvalue weighted by molar-refractivity contribution is -0.139. The molecule has 0 saturated heterocycles. The highest BCUT2D eigenvalue weighted by atomic mass is 19.1. The van der Waals surface area contributed by atoms with E-state index < -0.39 is 23.6 Å². The second-order valence-electron chi connectivity index (χ2n) is 4.46. The molecule has 112 valence electrons. The van der Waals surface area contributed by atoms with E-state index in [2.05, 4.69) is 10.2 Å². The van der Waals surface area contributed by atoms with Crippen LogP contribution in [0.15, 0.2) is 18.2 Å². The second-order valence-corrected chi connectivity index (χ2v) is 4.46. The molecule has 4 nitrogen and oxygen atoms in total. The topological polar surface area (TPSA) is 52.6 Å². The minimum atomic E-state index is -1.16. The summed E-state index contributed by atoms with van der Waals surface area (Å²) in [7, 11) is 0. The molecule has 0 aliphatic carbocycles. The Kier molecular flexibility index (Phi) is 6.54. The number of carbonyl (C=O) groups is 1. The predicted molar refractivity (Wildman–Crippen MR) is 72.5 cm³/mol. The molecule has 2 N–H and O–H groups in total. The standard InChI is InChI=1S/C14H20F2N2O2/c1-3-18(4-2)6-5-17-13(14(19)20)10-7-11(15)9-12(16)8-10/h7-9,13,17H,3-6H2,1-2H3,(H,19,20). The number of likely N-dealkylation sites (N-methyl/N-ethyl adjacent to an activating group) is 1. The van der Waals surface area contributed by atoms with Crippen LogP contribution >= 0.6 is 0 Å². The van der Waals surface area contributed by atoms with E-state index in [4.69, 9.17) is 5.11 Å². The Balaban J connectivity index is 2.72. The van der Waals surface area contributed by atoms with E-state index in [1.54, 1.807) is 0 Å². The number of benzene rings is 1. The molecule has 0 bridgehead atoms. The van der Waals surface area contributed by atoms with Gasteiger partial charge in [0.25, 0.3) is 0 Å². The highest BCUT2D eigenvalue weighted by Crippen LogP contribution is 2.16. The van der Waals surface area contributed by atoms with Crippen molar-refractivity contribution in [2.75, 3.05) is 26.2 Å². The van der Waals surface area contributed by atoms with Crippen LogP contribution in [0.25, 0.3) is 0 Å². The van der Waals surface area contributed by atoms with Crippen molar-refractivity contribution in [1.82, 2.24) is 10.2 Å². The first-order valence-electron chi connectivity index (χ1n) is 6.62. The first kappa shape index (κ1) is 16.5. The van der Waals surface area contributed by atoms with E-state index >= 15 is 0 Å². The third kappa shape index (κ3) is 4.86. The molecule has 1 atom stereocenters. The number of hydrogen-bond donors (Lipinski definition) is 2. The van der Waals surface area contributed by atoms with Crippen LogP contribution in [0.2, 0.25) is 0 Å². The van der Waals surface area contributed by atoms with E-state index in [0.29, 0.717) is 13.1 Å². The van der Waals surface area contributed by atoms with Crippen LogP contribution in [0.4, 0.5) is 8.78 Å². The van der Waals surface area contributed by atoms with Gasteiger partial charge in [0.1, 0.15) is 17.7 Å². The molecule has 1 aromatic rings. The molecule has 6 heteroatoms. The maximum Gasteiger partial charge on any atom is 0.325 e. The van der Waals surface area contributed by atoms with E-state index in [1.807, 2.05) is 13.8 Å². The van der Waals surface area contributed by atoms with E-state index in [1.165, 1.54) is 0 Å². The van der Waals surface area contributed by atoms with Crippen molar-refractivity contribution in [3.8, 4) is 0 Å². The summed E-state index contributed by atoms with van der Waals surface area (Å²) in [6.45, 7) is 6.86. The fourth-order valence-electron chi connectivity index (χ4n) is 2.00.